The Kier molecular flexibility index (Phi) is 9.86. The highest BCUT2D eigenvalue weighted by Crippen LogP contribution is 2.37. The number of nitrogen functional groups attached to an aromatic ring is 1. The van der Waals surface area contributed by atoms with Gasteiger partial charge in [0.15, 0.2) is 23.1 Å². The lowest BCUT2D eigenvalue weighted by Gasteiger charge is -2.25. The van der Waals surface area contributed by atoms with Gasteiger partial charge in [-0.2, -0.15) is 0 Å². The second-order valence-electron chi connectivity index (χ2n) is 9.06. The predicted octanol–water partition coefficient (Wildman–Crippen LogP) is 0.198. The maximum atomic E-state index is 10.0. The van der Waals surface area contributed by atoms with Crippen LogP contribution in [0.2, 0.25) is 5.02 Å². The maximum Gasteiger partial charge on any atom is 0.199 e. The summed E-state index contributed by atoms with van der Waals surface area (Å²) in [6.07, 6.45) is -4.07. The molecule has 0 aliphatic carbocycles. The van der Waals surface area contributed by atoms with Crippen molar-refractivity contribution in [2.45, 2.75) is 44.3 Å². The molecule has 3 aromatic heterocycles. The second kappa shape index (κ2) is 13.3. The third kappa shape index (κ3) is 6.33. The van der Waals surface area contributed by atoms with Gasteiger partial charge in [0.05, 0.1) is 31.2 Å². The molecule has 0 radical (unpaired) electrons. The fourth-order valence-electron chi connectivity index (χ4n) is 4.22. The lowest BCUT2D eigenvalue weighted by Crippen LogP contribution is -2.49. The first-order chi connectivity index (χ1) is 19.3. The summed E-state index contributed by atoms with van der Waals surface area (Å²) < 4.78 is 12.8. The largest absolute Gasteiger partial charge is 0.490 e. The van der Waals surface area contributed by atoms with E-state index in [2.05, 4.69) is 20.6 Å². The Hall–Kier alpha value is -3.37. The van der Waals surface area contributed by atoms with Gasteiger partial charge in [-0.3, -0.25) is 0 Å². The standard InChI is InChI=1S/C25H32ClN7O7/c1-2-33-21-17(39-8-4-7-28-10-15(35)22(37)23(38)16(36)12-34)11-29-18(13-5-3-6-14(26)9-13)19(21)30-25(33)20-24(27)32-40-31-20/h3,5-6,9,11,15-16,22-23,28,34-38H,2,4,7-8,10,12H2,1H3,(H2,27,32)/t15-,16+,22+,23+/m0/s1. The van der Waals surface area contributed by atoms with Crippen molar-refractivity contribution in [1.29, 1.82) is 0 Å². The molecule has 0 fully saturated rings. The second-order valence-corrected chi connectivity index (χ2v) is 9.50. The van der Waals surface area contributed by atoms with Crippen LogP contribution >= 0.6 is 11.6 Å². The highest BCUT2D eigenvalue weighted by molar-refractivity contribution is 6.30. The number of pyridine rings is 1. The monoisotopic (exact) mass is 577 g/mol. The van der Waals surface area contributed by atoms with Crippen LogP contribution in [0.4, 0.5) is 5.82 Å². The summed E-state index contributed by atoms with van der Waals surface area (Å²) in [6.45, 7) is 2.36. The zero-order valence-corrected chi connectivity index (χ0v) is 22.4. The fourth-order valence-corrected chi connectivity index (χ4v) is 4.41. The number of aliphatic hydroxyl groups excluding tert-OH is 5. The molecular formula is C25H32ClN7O7. The number of aliphatic hydroxyl groups is 5. The van der Waals surface area contributed by atoms with E-state index in [4.69, 9.17) is 36.8 Å². The van der Waals surface area contributed by atoms with Gasteiger partial charge in [0, 0.05) is 23.7 Å². The summed E-state index contributed by atoms with van der Waals surface area (Å²) in [6, 6.07) is 7.27. The number of aryl methyl sites for hydroxylation is 1. The molecule has 8 N–H and O–H groups in total. The van der Waals surface area contributed by atoms with Crippen LogP contribution in [-0.4, -0.2) is 101 Å². The minimum Gasteiger partial charge on any atom is -0.490 e. The van der Waals surface area contributed by atoms with Crippen LogP contribution in [0.3, 0.4) is 0 Å². The zero-order valence-electron chi connectivity index (χ0n) is 21.7. The molecule has 4 rings (SSSR count). The van der Waals surface area contributed by atoms with Crippen molar-refractivity contribution in [2.24, 2.45) is 0 Å². The summed E-state index contributed by atoms with van der Waals surface area (Å²) in [4.78, 5) is 9.41. The van der Waals surface area contributed by atoms with E-state index in [1.54, 1.807) is 18.3 Å². The lowest BCUT2D eigenvalue weighted by atomic mass is 10.0. The van der Waals surface area contributed by atoms with Crippen LogP contribution in [-0.2, 0) is 6.54 Å². The van der Waals surface area contributed by atoms with Gasteiger partial charge in [0.1, 0.15) is 29.3 Å². The van der Waals surface area contributed by atoms with Gasteiger partial charge in [0.25, 0.3) is 0 Å². The Morgan fingerprint density at radius 2 is 1.90 bits per heavy atom. The number of imidazole rings is 1. The summed E-state index contributed by atoms with van der Waals surface area (Å²) in [7, 11) is 0. The molecule has 0 spiro atoms. The van der Waals surface area contributed by atoms with Gasteiger partial charge >= 0.3 is 0 Å². The third-order valence-electron chi connectivity index (χ3n) is 6.31. The van der Waals surface area contributed by atoms with Crippen LogP contribution < -0.4 is 15.8 Å². The number of nitrogens with zero attached hydrogens (tertiary/aromatic N) is 5. The number of ether oxygens (including phenoxy) is 1. The molecule has 0 aliphatic heterocycles. The summed E-state index contributed by atoms with van der Waals surface area (Å²) in [5.74, 6) is 1.02. The topological polar surface area (TPSA) is 218 Å². The van der Waals surface area contributed by atoms with Crippen molar-refractivity contribution in [2.75, 3.05) is 32.0 Å². The highest BCUT2D eigenvalue weighted by atomic mass is 35.5. The molecule has 0 saturated carbocycles. The smallest absolute Gasteiger partial charge is 0.199 e. The summed E-state index contributed by atoms with van der Waals surface area (Å²) in [5, 5.41) is 59.1. The Morgan fingerprint density at radius 1 is 1.12 bits per heavy atom. The minimum absolute atomic E-state index is 0.0460. The molecule has 216 valence electrons. The van der Waals surface area contributed by atoms with Gasteiger partial charge in [0.2, 0.25) is 0 Å². The fraction of sp³-hybridized carbons (Fsp3) is 0.440. The first-order valence-electron chi connectivity index (χ1n) is 12.7. The molecule has 4 atom stereocenters. The van der Waals surface area contributed by atoms with Crippen LogP contribution in [0.1, 0.15) is 13.3 Å². The molecule has 0 amide bonds. The number of benzene rings is 1. The molecule has 15 heteroatoms. The Bertz CT molecular complexity index is 1420. The highest BCUT2D eigenvalue weighted by Gasteiger charge is 2.29. The average molecular weight is 578 g/mol. The van der Waals surface area contributed by atoms with E-state index in [0.717, 1.165) is 5.56 Å². The molecule has 14 nitrogen and oxygen atoms in total. The molecule has 40 heavy (non-hydrogen) atoms. The summed E-state index contributed by atoms with van der Waals surface area (Å²) >= 11 is 6.23. The van der Waals surface area contributed by atoms with E-state index in [-0.39, 0.29) is 19.0 Å². The SMILES string of the molecule is CCn1c(-c2nonc2N)nc2c(-c3cccc(Cl)c3)ncc(OCCCNC[C@H](O)[C@@H](O)[C@H](O)[C@H](O)CO)c21. The molecule has 4 aromatic rings. The van der Waals surface area contributed by atoms with Gasteiger partial charge in [-0.1, -0.05) is 23.7 Å². The van der Waals surface area contributed by atoms with Crippen LogP contribution in [0.15, 0.2) is 35.1 Å². The van der Waals surface area contributed by atoms with E-state index >= 15 is 0 Å². The minimum atomic E-state index is -1.67. The molecule has 0 aliphatic rings. The molecular weight excluding hydrogens is 546 g/mol. The van der Waals surface area contributed by atoms with E-state index in [1.165, 1.54) is 0 Å². The number of anilines is 1. The molecule has 0 bridgehead atoms. The van der Waals surface area contributed by atoms with E-state index in [0.29, 0.717) is 58.5 Å². The zero-order chi connectivity index (χ0) is 28.8. The van der Waals surface area contributed by atoms with Crippen molar-refractivity contribution in [1.82, 2.24) is 30.2 Å². The van der Waals surface area contributed by atoms with Gasteiger partial charge in [-0.25, -0.2) is 14.6 Å². The van der Waals surface area contributed by atoms with Crippen LogP contribution in [0.25, 0.3) is 33.8 Å². The number of nitrogens with two attached hydrogens (primary N) is 1. The first kappa shape index (κ1) is 29.6. The number of halogens is 1. The Balaban J connectivity index is 1.50. The van der Waals surface area contributed by atoms with Gasteiger partial charge < -0.3 is 45.9 Å². The third-order valence-corrected chi connectivity index (χ3v) is 6.55. The van der Waals surface area contributed by atoms with Crippen molar-refractivity contribution in [3.63, 3.8) is 0 Å². The maximum absolute atomic E-state index is 10.0. The Morgan fingerprint density at radius 3 is 2.58 bits per heavy atom. The lowest BCUT2D eigenvalue weighted by molar-refractivity contribution is -0.113. The predicted molar refractivity (Wildman–Crippen MR) is 145 cm³/mol. The van der Waals surface area contributed by atoms with Gasteiger partial charge in [-0.15, -0.1) is 0 Å². The van der Waals surface area contributed by atoms with Gasteiger partial charge in [-0.05, 0) is 42.3 Å². The molecule has 0 unspecified atom stereocenters. The molecule has 3 heterocycles. The number of hydrogen-bond donors (Lipinski definition) is 7. The van der Waals surface area contributed by atoms with Crippen molar-refractivity contribution in [3.8, 4) is 28.5 Å². The van der Waals surface area contributed by atoms with E-state index in [1.807, 2.05) is 23.6 Å². The number of rotatable bonds is 14. The van der Waals surface area contributed by atoms with E-state index < -0.39 is 31.0 Å². The van der Waals surface area contributed by atoms with E-state index in [9.17, 15) is 20.4 Å². The first-order valence-corrected chi connectivity index (χ1v) is 13.0. The average Bonchev–Trinajstić information content (AvgIpc) is 3.56. The van der Waals surface area contributed by atoms with Crippen molar-refractivity contribution >= 4 is 28.5 Å². The van der Waals surface area contributed by atoms with Crippen molar-refractivity contribution in [3.05, 3.63) is 35.5 Å². The number of hydrogen-bond acceptors (Lipinski definition) is 13. The number of nitrogens with one attached hydrogen (secondary N) is 1. The summed E-state index contributed by atoms with van der Waals surface area (Å²) in [5.41, 5.74) is 8.85. The van der Waals surface area contributed by atoms with Crippen molar-refractivity contribution < 1.29 is 34.9 Å². The Labute approximate surface area is 234 Å². The number of aromatic nitrogens is 5. The molecule has 0 saturated heterocycles. The van der Waals surface area contributed by atoms with Crippen LogP contribution in [0, 0.1) is 0 Å². The number of fused-ring (bicyclic) bond motifs is 1. The molecule has 1 aromatic carbocycles. The normalized spacial score (nSPS) is 14.8. The quantitative estimate of drug-likeness (QED) is 0.0997. The van der Waals surface area contributed by atoms with Crippen LogP contribution in [0.5, 0.6) is 5.75 Å².